The molecular weight excluding hydrogens is 288 g/mol. The van der Waals surface area contributed by atoms with Crippen molar-refractivity contribution in [2.45, 2.75) is 41.8 Å². The third-order valence-electron chi connectivity index (χ3n) is 4.98. The summed E-state index contributed by atoms with van der Waals surface area (Å²) in [6.45, 7) is 4.02. The van der Waals surface area contributed by atoms with E-state index in [9.17, 15) is 10.2 Å². The lowest BCUT2D eigenvalue weighted by atomic mass is 9.71. The Kier molecular flexibility index (Phi) is 3.65. The van der Waals surface area contributed by atoms with Crippen LogP contribution in [-0.4, -0.2) is 38.0 Å². The fraction of sp³-hybridized carbons (Fsp3) is 0.625. The van der Waals surface area contributed by atoms with E-state index in [1.807, 2.05) is 23.5 Å². The summed E-state index contributed by atoms with van der Waals surface area (Å²) >= 11 is 3.92. The number of aryl methyl sites for hydroxylation is 1. The SMILES string of the molecule is Cc1ccc([C@@]2(C)CC3(C[C@]2(O)CO)SCCS3)cc1. The lowest BCUT2D eigenvalue weighted by molar-refractivity contribution is -0.0556. The van der Waals surface area contributed by atoms with Crippen LogP contribution in [0.3, 0.4) is 0 Å². The van der Waals surface area contributed by atoms with Gasteiger partial charge in [-0.05, 0) is 18.9 Å². The predicted molar refractivity (Wildman–Crippen MR) is 87.4 cm³/mol. The molecule has 0 bridgehead atoms. The molecule has 1 aliphatic heterocycles. The highest BCUT2D eigenvalue weighted by atomic mass is 32.2. The molecule has 3 rings (SSSR count). The van der Waals surface area contributed by atoms with E-state index in [1.54, 1.807) is 0 Å². The smallest absolute Gasteiger partial charge is 0.0992 e. The normalized spacial score (nSPS) is 35.8. The van der Waals surface area contributed by atoms with Crippen LogP contribution in [0.4, 0.5) is 0 Å². The third-order valence-corrected chi connectivity index (χ3v) is 8.39. The maximum absolute atomic E-state index is 11.1. The van der Waals surface area contributed by atoms with Crippen LogP contribution in [0.2, 0.25) is 0 Å². The Morgan fingerprint density at radius 3 is 2.25 bits per heavy atom. The van der Waals surface area contributed by atoms with Gasteiger partial charge in [0.05, 0.1) is 16.3 Å². The molecule has 1 saturated heterocycles. The van der Waals surface area contributed by atoms with E-state index in [4.69, 9.17) is 0 Å². The molecule has 1 aromatic carbocycles. The van der Waals surface area contributed by atoms with E-state index in [1.165, 1.54) is 5.56 Å². The van der Waals surface area contributed by atoms with Gasteiger partial charge in [0.2, 0.25) is 0 Å². The Morgan fingerprint density at radius 2 is 1.70 bits per heavy atom. The van der Waals surface area contributed by atoms with Crippen molar-refractivity contribution in [3.63, 3.8) is 0 Å². The van der Waals surface area contributed by atoms with Gasteiger partial charge in [-0.3, -0.25) is 0 Å². The fourth-order valence-electron chi connectivity index (χ4n) is 3.63. The number of rotatable bonds is 2. The number of hydrogen-bond acceptors (Lipinski definition) is 4. The van der Waals surface area contributed by atoms with Gasteiger partial charge in [-0.25, -0.2) is 0 Å². The van der Waals surface area contributed by atoms with Crippen LogP contribution in [0.5, 0.6) is 0 Å². The minimum atomic E-state index is -1.02. The highest BCUT2D eigenvalue weighted by molar-refractivity contribution is 8.21. The number of aliphatic hydroxyl groups is 2. The molecule has 0 unspecified atom stereocenters. The molecule has 1 spiro atoms. The molecule has 2 aliphatic rings. The van der Waals surface area contributed by atoms with E-state index in [-0.39, 0.29) is 16.1 Å². The van der Waals surface area contributed by atoms with Crippen molar-refractivity contribution >= 4 is 23.5 Å². The van der Waals surface area contributed by atoms with Crippen molar-refractivity contribution in [3.8, 4) is 0 Å². The van der Waals surface area contributed by atoms with Gasteiger partial charge in [0.1, 0.15) is 0 Å². The highest BCUT2D eigenvalue weighted by Crippen LogP contribution is 2.63. The molecule has 2 N–H and O–H groups in total. The van der Waals surface area contributed by atoms with Crippen LogP contribution >= 0.6 is 23.5 Å². The zero-order chi connectivity index (χ0) is 14.4. The molecular formula is C16H22O2S2. The van der Waals surface area contributed by atoms with Crippen LogP contribution in [0.25, 0.3) is 0 Å². The second-order valence-corrected chi connectivity index (χ2v) is 9.56. The zero-order valence-corrected chi connectivity index (χ0v) is 13.7. The molecule has 2 fully saturated rings. The molecule has 0 amide bonds. The van der Waals surface area contributed by atoms with Crippen LogP contribution in [0.1, 0.15) is 30.9 Å². The molecule has 110 valence electrons. The molecule has 4 heteroatoms. The second kappa shape index (κ2) is 4.94. The molecule has 20 heavy (non-hydrogen) atoms. The van der Waals surface area contributed by atoms with Crippen LogP contribution in [-0.2, 0) is 5.41 Å². The standard InChI is InChI=1S/C16H22O2S2/c1-12-3-5-13(6-4-12)14(2)9-16(19-7-8-20-16)10-15(14,18)11-17/h3-6,17-18H,7-11H2,1-2H3/t14-,15+/m1/s1. The van der Waals surface area contributed by atoms with Crippen LogP contribution in [0.15, 0.2) is 24.3 Å². The summed E-state index contributed by atoms with van der Waals surface area (Å²) in [5.74, 6) is 2.30. The van der Waals surface area contributed by atoms with Gasteiger partial charge in [-0.15, -0.1) is 23.5 Å². The van der Waals surface area contributed by atoms with Gasteiger partial charge in [0.15, 0.2) is 0 Å². The third kappa shape index (κ3) is 2.12. The molecule has 1 heterocycles. The first-order valence-electron chi connectivity index (χ1n) is 7.11. The maximum Gasteiger partial charge on any atom is 0.0992 e. The summed E-state index contributed by atoms with van der Waals surface area (Å²) in [4.78, 5) is 0. The van der Waals surface area contributed by atoms with Crippen LogP contribution < -0.4 is 0 Å². The number of benzene rings is 1. The summed E-state index contributed by atoms with van der Waals surface area (Å²) in [7, 11) is 0. The zero-order valence-electron chi connectivity index (χ0n) is 12.1. The van der Waals surface area contributed by atoms with Gasteiger partial charge in [-0.2, -0.15) is 0 Å². The lowest BCUT2D eigenvalue weighted by Gasteiger charge is -2.38. The Morgan fingerprint density at radius 1 is 1.10 bits per heavy atom. The Labute approximate surface area is 129 Å². The Hall–Kier alpha value is -0.160. The van der Waals surface area contributed by atoms with Crippen molar-refractivity contribution in [1.82, 2.24) is 0 Å². The molecule has 0 radical (unpaired) electrons. The van der Waals surface area contributed by atoms with Gasteiger partial charge in [0, 0.05) is 23.3 Å². The topological polar surface area (TPSA) is 40.5 Å². The van der Waals surface area contributed by atoms with E-state index < -0.39 is 5.60 Å². The maximum atomic E-state index is 11.1. The number of hydrogen-bond donors (Lipinski definition) is 2. The minimum absolute atomic E-state index is 0.0805. The van der Waals surface area contributed by atoms with Crippen molar-refractivity contribution in [1.29, 1.82) is 0 Å². The molecule has 2 nitrogen and oxygen atoms in total. The van der Waals surface area contributed by atoms with E-state index >= 15 is 0 Å². The lowest BCUT2D eigenvalue weighted by Crippen LogP contribution is -2.48. The summed E-state index contributed by atoms with van der Waals surface area (Å²) in [5, 5.41) is 20.9. The van der Waals surface area contributed by atoms with E-state index in [0.717, 1.165) is 23.5 Å². The molecule has 1 aliphatic carbocycles. The average molecular weight is 310 g/mol. The minimum Gasteiger partial charge on any atom is -0.393 e. The highest BCUT2D eigenvalue weighted by Gasteiger charge is 2.62. The quantitative estimate of drug-likeness (QED) is 0.881. The molecule has 0 aromatic heterocycles. The summed E-state index contributed by atoms with van der Waals surface area (Å²) in [6, 6.07) is 8.41. The number of thioether (sulfide) groups is 2. The monoisotopic (exact) mass is 310 g/mol. The first-order chi connectivity index (χ1) is 9.43. The fourth-order valence-corrected chi connectivity index (χ4v) is 7.34. The largest absolute Gasteiger partial charge is 0.393 e. The molecule has 1 aromatic rings. The summed E-state index contributed by atoms with van der Waals surface area (Å²) < 4.78 is 0.0805. The second-order valence-electron chi connectivity index (χ2n) is 6.35. The van der Waals surface area contributed by atoms with Gasteiger partial charge in [-0.1, -0.05) is 36.8 Å². The Bertz CT molecular complexity index is 496. The van der Waals surface area contributed by atoms with E-state index in [2.05, 4.69) is 38.1 Å². The van der Waals surface area contributed by atoms with Crippen molar-refractivity contribution in [2.24, 2.45) is 0 Å². The van der Waals surface area contributed by atoms with Crippen LogP contribution in [0, 0.1) is 6.92 Å². The van der Waals surface area contributed by atoms with Crippen molar-refractivity contribution < 1.29 is 10.2 Å². The van der Waals surface area contributed by atoms with Gasteiger partial charge < -0.3 is 10.2 Å². The van der Waals surface area contributed by atoms with Crippen molar-refractivity contribution in [3.05, 3.63) is 35.4 Å². The van der Waals surface area contributed by atoms with Crippen molar-refractivity contribution in [2.75, 3.05) is 18.1 Å². The van der Waals surface area contributed by atoms with E-state index in [0.29, 0.717) is 6.42 Å². The molecule has 1 saturated carbocycles. The van der Waals surface area contributed by atoms with Gasteiger partial charge >= 0.3 is 0 Å². The first kappa shape index (κ1) is 14.8. The average Bonchev–Trinajstić information content (AvgIpc) is 2.95. The number of aliphatic hydroxyl groups excluding tert-OH is 1. The predicted octanol–water partition coefficient (Wildman–Crippen LogP) is 2.95. The first-order valence-corrected chi connectivity index (χ1v) is 9.09. The molecule has 2 atom stereocenters. The Balaban J connectivity index is 2.02. The summed E-state index contributed by atoms with van der Waals surface area (Å²) in [6.07, 6.45) is 1.60. The summed E-state index contributed by atoms with van der Waals surface area (Å²) in [5.41, 5.74) is 0.971. The van der Waals surface area contributed by atoms with Gasteiger partial charge in [0.25, 0.3) is 0 Å².